The number of hydrogen-bond acceptors (Lipinski definition) is 2. The van der Waals surface area contributed by atoms with Crippen molar-refractivity contribution in [2.75, 3.05) is 16.8 Å². The lowest BCUT2D eigenvalue weighted by Crippen LogP contribution is -2.23. The van der Waals surface area contributed by atoms with Crippen LogP contribution in [-0.2, 0) is 17.6 Å². The molecule has 1 saturated heterocycles. The highest BCUT2D eigenvalue weighted by atomic mass is 16.2. The van der Waals surface area contributed by atoms with Crippen LogP contribution in [0, 0.1) is 5.92 Å². The van der Waals surface area contributed by atoms with Crippen LogP contribution in [0.1, 0.15) is 47.8 Å². The molecule has 29 heavy (non-hydrogen) atoms. The average molecular weight is 387 g/mol. The molecule has 0 saturated carbocycles. The fraction of sp³-hybridized carbons (Fsp3) is 0.333. The number of amides is 2. The third kappa shape index (κ3) is 3.31. The van der Waals surface area contributed by atoms with Crippen LogP contribution in [0.2, 0.25) is 0 Å². The number of carbonyl (C=O) groups excluding carboxylic acids is 2. The van der Waals surface area contributed by atoms with E-state index in [1.54, 1.807) is 4.90 Å². The Balaban J connectivity index is 1.40. The minimum Gasteiger partial charge on any atom is -0.358 e. The largest absolute Gasteiger partial charge is 0.358 e. The van der Waals surface area contributed by atoms with E-state index < -0.39 is 0 Å². The Hall–Kier alpha value is -3.08. The van der Waals surface area contributed by atoms with E-state index in [0.717, 1.165) is 42.4 Å². The van der Waals surface area contributed by atoms with Gasteiger partial charge in [0, 0.05) is 46.5 Å². The highest BCUT2D eigenvalue weighted by Gasteiger charge is 2.22. The molecule has 5 heteroatoms. The molecule has 1 unspecified atom stereocenters. The zero-order valence-corrected chi connectivity index (χ0v) is 16.6. The minimum atomic E-state index is -0.129. The first-order valence-electron chi connectivity index (χ1n) is 10.4. The summed E-state index contributed by atoms with van der Waals surface area (Å²) in [4.78, 5) is 30.2. The number of H-pyrrole nitrogens is 1. The molecule has 0 spiro atoms. The van der Waals surface area contributed by atoms with E-state index in [4.69, 9.17) is 0 Å². The zero-order valence-electron chi connectivity index (χ0n) is 16.6. The molecule has 1 fully saturated rings. The summed E-state index contributed by atoms with van der Waals surface area (Å²) >= 11 is 0. The number of rotatable bonds is 3. The third-order valence-corrected chi connectivity index (χ3v) is 6.19. The number of anilines is 2. The van der Waals surface area contributed by atoms with Gasteiger partial charge in [-0.25, -0.2) is 0 Å². The lowest BCUT2D eigenvalue weighted by atomic mass is 9.87. The van der Waals surface area contributed by atoms with Gasteiger partial charge in [0.05, 0.1) is 0 Å². The lowest BCUT2D eigenvalue weighted by Gasteiger charge is -2.18. The van der Waals surface area contributed by atoms with Crippen LogP contribution >= 0.6 is 0 Å². The van der Waals surface area contributed by atoms with Gasteiger partial charge in [-0.1, -0.05) is 13.0 Å². The Labute approximate surface area is 170 Å². The van der Waals surface area contributed by atoms with Gasteiger partial charge in [0.2, 0.25) is 5.91 Å². The molecule has 1 aromatic heterocycles. The number of nitrogens with one attached hydrogen (secondary N) is 2. The summed E-state index contributed by atoms with van der Waals surface area (Å²) in [5.41, 5.74) is 5.99. The van der Waals surface area contributed by atoms with Crippen molar-refractivity contribution in [3.05, 3.63) is 59.3 Å². The molecule has 1 atom stereocenters. The van der Waals surface area contributed by atoms with Crippen LogP contribution in [0.3, 0.4) is 0 Å². The van der Waals surface area contributed by atoms with Crippen LogP contribution in [0.5, 0.6) is 0 Å². The second kappa shape index (κ2) is 7.07. The Morgan fingerprint density at radius 3 is 2.90 bits per heavy atom. The molecular weight excluding hydrogens is 362 g/mol. The molecule has 2 heterocycles. The molecule has 0 radical (unpaired) electrons. The van der Waals surface area contributed by atoms with Gasteiger partial charge in [-0.2, -0.15) is 0 Å². The zero-order chi connectivity index (χ0) is 20.0. The van der Waals surface area contributed by atoms with E-state index in [1.807, 2.05) is 42.5 Å². The molecule has 1 aliphatic heterocycles. The van der Waals surface area contributed by atoms with Crippen molar-refractivity contribution in [3.8, 4) is 0 Å². The molecule has 3 aromatic rings. The maximum absolute atomic E-state index is 12.9. The van der Waals surface area contributed by atoms with Gasteiger partial charge in [-0.3, -0.25) is 9.59 Å². The van der Waals surface area contributed by atoms with Crippen LogP contribution in [0.15, 0.2) is 42.5 Å². The molecule has 5 nitrogen and oxygen atoms in total. The number of aromatic amines is 1. The maximum atomic E-state index is 12.9. The monoisotopic (exact) mass is 387 g/mol. The van der Waals surface area contributed by atoms with E-state index >= 15 is 0 Å². The van der Waals surface area contributed by atoms with Crippen molar-refractivity contribution < 1.29 is 9.59 Å². The van der Waals surface area contributed by atoms with Gasteiger partial charge in [0.25, 0.3) is 5.91 Å². The van der Waals surface area contributed by atoms with E-state index in [9.17, 15) is 9.59 Å². The first kappa shape index (κ1) is 18.0. The topological polar surface area (TPSA) is 65.2 Å². The van der Waals surface area contributed by atoms with E-state index in [0.29, 0.717) is 23.6 Å². The summed E-state index contributed by atoms with van der Waals surface area (Å²) in [6.45, 7) is 3.03. The smallest absolute Gasteiger partial charge is 0.255 e. The van der Waals surface area contributed by atoms with E-state index in [1.165, 1.54) is 17.7 Å². The molecule has 1 aliphatic carbocycles. The van der Waals surface area contributed by atoms with Gasteiger partial charge < -0.3 is 15.2 Å². The van der Waals surface area contributed by atoms with Crippen LogP contribution in [-0.4, -0.2) is 23.3 Å². The number of nitrogens with zero attached hydrogens (tertiary/aromatic N) is 1. The predicted octanol–water partition coefficient (Wildman–Crippen LogP) is 4.67. The number of aromatic nitrogens is 1. The fourth-order valence-corrected chi connectivity index (χ4v) is 4.61. The van der Waals surface area contributed by atoms with Gasteiger partial charge in [0.15, 0.2) is 0 Å². The molecule has 2 amide bonds. The van der Waals surface area contributed by atoms with Gasteiger partial charge >= 0.3 is 0 Å². The SMILES string of the molecule is CC1CCc2[nH]c3ccc(C(=O)Nc4cccc(N5CCCC5=O)c4)cc3c2C1. The van der Waals surface area contributed by atoms with E-state index in [-0.39, 0.29) is 11.8 Å². The number of benzene rings is 2. The molecule has 5 rings (SSSR count). The van der Waals surface area contributed by atoms with Crippen molar-refractivity contribution >= 4 is 34.1 Å². The summed E-state index contributed by atoms with van der Waals surface area (Å²) in [6, 6.07) is 13.4. The molecule has 0 bridgehead atoms. The Morgan fingerprint density at radius 2 is 2.07 bits per heavy atom. The van der Waals surface area contributed by atoms with Crippen molar-refractivity contribution in [2.24, 2.45) is 5.92 Å². The second-order valence-corrected chi connectivity index (χ2v) is 8.34. The highest BCUT2D eigenvalue weighted by molar-refractivity contribution is 6.07. The average Bonchev–Trinajstić information content (AvgIpc) is 3.31. The second-order valence-electron chi connectivity index (χ2n) is 8.34. The number of hydrogen-bond donors (Lipinski definition) is 2. The summed E-state index contributed by atoms with van der Waals surface area (Å²) < 4.78 is 0. The van der Waals surface area contributed by atoms with Crippen molar-refractivity contribution in [1.29, 1.82) is 0 Å². The standard InChI is InChI=1S/C24H25N3O2/c1-15-7-9-21-19(12-15)20-13-16(8-10-22(20)26-21)24(29)25-17-4-2-5-18(14-17)27-11-3-6-23(27)28/h2,4-5,8,10,13-15,26H,3,6-7,9,11-12H2,1H3,(H,25,29). The van der Waals surface area contributed by atoms with Crippen molar-refractivity contribution in [2.45, 2.75) is 39.0 Å². The van der Waals surface area contributed by atoms with Gasteiger partial charge in [0.1, 0.15) is 0 Å². The van der Waals surface area contributed by atoms with E-state index in [2.05, 4.69) is 17.2 Å². The van der Waals surface area contributed by atoms with Crippen LogP contribution < -0.4 is 10.2 Å². The lowest BCUT2D eigenvalue weighted by molar-refractivity contribution is -0.117. The Morgan fingerprint density at radius 1 is 1.17 bits per heavy atom. The maximum Gasteiger partial charge on any atom is 0.255 e. The third-order valence-electron chi connectivity index (χ3n) is 6.19. The molecular formula is C24H25N3O2. The van der Waals surface area contributed by atoms with Gasteiger partial charge in [-0.15, -0.1) is 0 Å². The van der Waals surface area contributed by atoms with Crippen molar-refractivity contribution in [3.63, 3.8) is 0 Å². The predicted molar refractivity (Wildman–Crippen MR) is 115 cm³/mol. The first-order chi connectivity index (χ1) is 14.1. The fourth-order valence-electron chi connectivity index (χ4n) is 4.61. The minimum absolute atomic E-state index is 0.129. The number of carbonyl (C=O) groups is 2. The highest BCUT2D eigenvalue weighted by Crippen LogP contribution is 2.32. The Bertz CT molecular complexity index is 1110. The summed E-state index contributed by atoms with van der Waals surface area (Å²) in [5, 5.41) is 4.16. The summed E-state index contributed by atoms with van der Waals surface area (Å²) in [7, 11) is 0. The van der Waals surface area contributed by atoms with Crippen LogP contribution in [0.4, 0.5) is 11.4 Å². The van der Waals surface area contributed by atoms with Crippen LogP contribution in [0.25, 0.3) is 10.9 Å². The van der Waals surface area contributed by atoms with Crippen molar-refractivity contribution in [1.82, 2.24) is 4.98 Å². The first-order valence-corrected chi connectivity index (χ1v) is 10.4. The number of fused-ring (bicyclic) bond motifs is 3. The quantitative estimate of drug-likeness (QED) is 0.686. The molecule has 148 valence electrons. The summed E-state index contributed by atoms with van der Waals surface area (Å²) in [5.74, 6) is 0.691. The Kier molecular flexibility index (Phi) is 4.38. The summed E-state index contributed by atoms with van der Waals surface area (Å²) in [6.07, 6.45) is 4.83. The normalized spacial score (nSPS) is 18.9. The van der Waals surface area contributed by atoms with Gasteiger partial charge in [-0.05, 0) is 73.6 Å². The molecule has 2 N–H and O–H groups in total. The molecule has 2 aromatic carbocycles. The number of aryl methyl sites for hydroxylation is 1. The molecule has 2 aliphatic rings.